The molecule has 6 nitrogen and oxygen atoms in total. The topological polar surface area (TPSA) is 80.3 Å². The Hall–Kier alpha value is -3.26. The summed E-state index contributed by atoms with van der Waals surface area (Å²) in [6, 6.07) is 24.2. The molecule has 2 atom stereocenters. The van der Waals surface area contributed by atoms with Crippen molar-refractivity contribution in [1.82, 2.24) is 15.0 Å². The molecule has 2 unspecified atom stereocenters. The molecule has 0 bridgehead atoms. The third kappa shape index (κ3) is 6.38. The normalized spacial score (nSPS) is 20.2. The lowest BCUT2D eigenvalue weighted by Crippen LogP contribution is -2.49. The molecular weight excluding hydrogens is 542 g/mol. The molecule has 220 valence electrons. The molecule has 1 heterocycles. The molecule has 2 aliphatic rings. The van der Waals surface area contributed by atoms with Gasteiger partial charge >= 0.3 is 0 Å². The largest absolute Gasteiger partial charge is 0.497 e. The second kappa shape index (κ2) is 12.5. The lowest BCUT2D eigenvalue weighted by molar-refractivity contribution is 0.172. The summed E-state index contributed by atoms with van der Waals surface area (Å²) in [4.78, 5) is 4.70. The van der Waals surface area contributed by atoms with Crippen LogP contribution in [0.4, 0.5) is 0 Å². The van der Waals surface area contributed by atoms with Gasteiger partial charge in [0.15, 0.2) is 0 Å². The van der Waals surface area contributed by atoms with E-state index >= 15 is 0 Å². The summed E-state index contributed by atoms with van der Waals surface area (Å²) in [7, 11) is -1.90. The van der Waals surface area contributed by atoms with Crippen molar-refractivity contribution in [2.24, 2.45) is 5.41 Å². The monoisotopic (exact) mass is 583 g/mol. The number of benzene rings is 3. The molecule has 0 amide bonds. The number of rotatable bonds is 10. The van der Waals surface area contributed by atoms with Gasteiger partial charge in [-0.15, -0.1) is 0 Å². The average Bonchev–Trinajstić information content (AvgIpc) is 3.04. The smallest absolute Gasteiger partial charge is 0.240 e. The van der Waals surface area contributed by atoms with Crippen molar-refractivity contribution in [3.8, 4) is 5.75 Å². The molecule has 2 N–H and O–H groups in total. The van der Waals surface area contributed by atoms with Crippen molar-refractivity contribution in [2.75, 3.05) is 20.2 Å². The minimum Gasteiger partial charge on any atom is -0.497 e. The number of sulfonamides is 1. The number of hydrogen-bond acceptors (Lipinski definition) is 5. The second-order valence-corrected chi connectivity index (χ2v) is 13.9. The van der Waals surface area contributed by atoms with E-state index in [2.05, 4.69) is 39.3 Å². The molecule has 0 saturated heterocycles. The molecule has 1 fully saturated rings. The van der Waals surface area contributed by atoms with Crippen LogP contribution in [0.25, 0.3) is 10.8 Å². The fourth-order valence-corrected chi connectivity index (χ4v) is 8.21. The molecule has 42 heavy (non-hydrogen) atoms. The van der Waals surface area contributed by atoms with Crippen LogP contribution in [0.2, 0.25) is 0 Å². The Morgan fingerprint density at radius 2 is 1.76 bits per heavy atom. The maximum Gasteiger partial charge on any atom is 0.240 e. The Bertz CT molecular complexity index is 1620. The van der Waals surface area contributed by atoms with E-state index < -0.39 is 10.0 Å². The van der Waals surface area contributed by atoms with Gasteiger partial charge < -0.3 is 10.1 Å². The van der Waals surface area contributed by atoms with Gasteiger partial charge in [0.05, 0.1) is 12.0 Å². The summed E-state index contributed by atoms with van der Waals surface area (Å²) in [5, 5.41) is 5.96. The molecule has 0 aliphatic heterocycles. The van der Waals surface area contributed by atoms with Crippen molar-refractivity contribution in [2.45, 2.75) is 68.2 Å². The van der Waals surface area contributed by atoms with E-state index in [1.54, 1.807) is 19.2 Å². The van der Waals surface area contributed by atoms with Crippen LogP contribution in [0.15, 0.2) is 90.1 Å². The fourth-order valence-electron chi connectivity index (χ4n) is 7.02. The number of methoxy groups -OCH3 is 1. The van der Waals surface area contributed by atoms with E-state index in [0.717, 1.165) is 68.0 Å². The highest BCUT2D eigenvalue weighted by atomic mass is 32.2. The number of ether oxygens (including phenoxy) is 1. The van der Waals surface area contributed by atoms with E-state index in [4.69, 9.17) is 4.74 Å². The van der Waals surface area contributed by atoms with Gasteiger partial charge in [0, 0.05) is 37.4 Å². The first-order valence-corrected chi connectivity index (χ1v) is 16.7. The first kappa shape index (κ1) is 28.8. The molecule has 0 radical (unpaired) electrons. The summed E-state index contributed by atoms with van der Waals surface area (Å²) < 4.78 is 35.5. The molecule has 4 aromatic rings. The lowest BCUT2D eigenvalue weighted by Gasteiger charge is -2.41. The highest BCUT2D eigenvalue weighted by molar-refractivity contribution is 7.89. The highest BCUT2D eigenvalue weighted by Gasteiger charge is 2.36. The zero-order chi connectivity index (χ0) is 29.0. The highest BCUT2D eigenvalue weighted by Crippen LogP contribution is 2.39. The Kier molecular flexibility index (Phi) is 8.61. The quantitative estimate of drug-likeness (QED) is 0.226. The lowest BCUT2D eigenvalue weighted by atomic mass is 9.72. The Labute approximate surface area is 250 Å². The molecule has 2 aliphatic carbocycles. The molecule has 0 spiro atoms. The predicted octanol–water partition coefficient (Wildman–Crippen LogP) is 6.40. The predicted molar refractivity (Wildman–Crippen MR) is 168 cm³/mol. The van der Waals surface area contributed by atoms with Gasteiger partial charge in [0.2, 0.25) is 10.0 Å². The fraction of sp³-hybridized carbons (Fsp3) is 0.400. The SMILES string of the molecule is COc1ccc2c(c1)CCC(NCC1(CNS(=O)(=O)c3ccc4ccccc4c3)CCCCC1)C2Cc1cccnc1. The van der Waals surface area contributed by atoms with Crippen molar-refractivity contribution in [3.05, 3.63) is 102 Å². The first-order valence-electron chi connectivity index (χ1n) is 15.2. The summed E-state index contributed by atoms with van der Waals surface area (Å²) >= 11 is 0. The number of fused-ring (bicyclic) bond motifs is 2. The van der Waals surface area contributed by atoms with Crippen molar-refractivity contribution in [3.63, 3.8) is 0 Å². The maximum atomic E-state index is 13.5. The Balaban J connectivity index is 1.20. The molecule has 3 aromatic carbocycles. The van der Waals surface area contributed by atoms with Gasteiger partial charge in [-0.05, 0) is 95.3 Å². The van der Waals surface area contributed by atoms with Crippen LogP contribution in [-0.4, -0.2) is 39.6 Å². The number of aryl methyl sites for hydroxylation is 1. The summed E-state index contributed by atoms with van der Waals surface area (Å²) in [6.45, 7) is 1.25. The summed E-state index contributed by atoms with van der Waals surface area (Å²) in [5.41, 5.74) is 3.85. The maximum absolute atomic E-state index is 13.5. The van der Waals surface area contributed by atoms with Gasteiger partial charge in [-0.3, -0.25) is 4.98 Å². The summed E-state index contributed by atoms with van der Waals surface area (Å²) in [5.74, 6) is 1.21. The van der Waals surface area contributed by atoms with Gasteiger partial charge in [-0.25, -0.2) is 13.1 Å². The Morgan fingerprint density at radius 1 is 0.929 bits per heavy atom. The van der Waals surface area contributed by atoms with E-state index in [0.29, 0.717) is 23.4 Å². The number of nitrogens with zero attached hydrogens (tertiary/aromatic N) is 1. The standard InChI is InChI=1S/C35H41N3O3S/c1-41-30-13-15-32-29(21-30)12-16-34(33(32)20-26-8-7-19-36-23-26)37-24-35(17-5-2-6-18-35)25-38-42(39,40)31-14-11-27-9-3-4-10-28(27)22-31/h3-4,7-11,13-15,19,21-23,33-34,37-38H,2,5-6,12,16-18,20,24-25H2,1H3. The second-order valence-electron chi connectivity index (χ2n) is 12.2. The van der Waals surface area contributed by atoms with Crippen LogP contribution in [0.3, 0.4) is 0 Å². The minimum absolute atomic E-state index is 0.110. The minimum atomic E-state index is -3.63. The van der Waals surface area contributed by atoms with E-state index in [9.17, 15) is 8.42 Å². The molecule has 6 rings (SSSR count). The van der Waals surface area contributed by atoms with E-state index in [1.807, 2.05) is 48.8 Å². The third-order valence-electron chi connectivity index (χ3n) is 9.46. The number of nitrogens with one attached hydrogen (secondary N) is 2. The van der Waals surface area contributed by atoms with Crippen LogP contribution < -0.4 is 14.8 Å². The van der Waals surface area contributed by atoms with Crippen LogP contribution in [0.5, 0.6) is 5.75 Å². The van der Waals surface area contributed by atoms with Crippen LogP contribution in [0.1, 0.15) is 61.1 Å². The van der Waals surface area contributed by atoms with E-state index in [1.165, 1.54) is 23.1 Å². The number of aromatic nitrogens is 1. The first-order chi connectivity index (χ1) is 20.4. The van der Waals surface area contributed by atoms with Crippen molar-refractivity contribution < 1.29 is 13.2 Å². The van der Waals surface area contributed by atoms with Gasteiger partial charge in [0.1, 0.15) is 5.75 Å². The van der Waals surface area contributed by atoms with Crippen molar-refractivity contribution in [1.29, 1.82) is 0 Å². The van der Waals surface area contributed by atoms with Gasteiger partial charge in [-0.1, -0.05) is 61.7 Å². The van der Waals surface area contributed by atoms with Gasteiger partial charge in [-0.2, -0.15) is 0 Å². The molecule has 7 heteroatoms. The van der Waals surface area contributed by atoms with E-state index in [-0.39, 0.29) is 5.41 Å². The molecular formula is C35H41N3O3S. The zero-order valence-electron chi connectivity index (χ0n) is 24.4. The number of pyridine rings is 1. The van der Waals surface area contributed by atoms with Crippen molar-refractivity contribution >= 4 is 20.8 Å². The van der Waals surface area contributed by atoms with Crippen LogP contribution >= 0.6 is 0 Å². The zero-order valence-corrected chi connectivity index (χ0v) is 25.2. The van der Waals surface area contributed by atoms with Gasteiger partial charge in [0.25, 0.3) is 0 Å². The number of hydrogen-bond donors (Lipinski definition) is 2. The third-order valence-corrected chi connectivity index (χ3v) is 10.9. The summed E-state index contributed by atoms with van der Waals surface area (Å²) in [6.07, 6.45) is 12.2. The average molecular weight is 584 g/mol. The molecule has 1 saturated carbocycles. The molecule has 1 aromatic heterocycles. The Morgan fingerprint density at radius 3 is 2.55 bits per heavy atom. The van der Waals surface area contributed by atoms with Crippen LogP contribution in [0, 0.1) is 5.41 Å². The van der Waals surface area contributed by atoms with Crippen LogP contribution in [-0.2, 0) is 22.9 Å².